The topological polar surface area (TPSA) is 88.2 Å². The van der Waals surface area contributed by atoms with Crippen LogP contribution in [0.1, 0.15) is 17.4 Å². The van der Waals surface area contributed by atoms with Crippen molar-refractivity contribution in [3.63, 3.8) is 0 Å². The SMILES string of the molecule is CC(O)C(N)CNC(=O)c1ccc(F)cn1. The van der Waals surface area contributed by atoms with Crippen molar-refractivity contribution in [1.82, 2.24) is 10.3 Å². The molecular formula is C10H14FN3O2. The first-order chi connectivity index (χ1) is 7.50. The normalized spacial score (nSPS) is 14.2. The van der Waals surface area contributed by atoms with Gasteiger partial charge in [0.1, 0.15) is 11.5 Å². The fraction of sp³-hybridized carbons (Fsp3) is 0.400. The van der Waals surface area contributed by atoms with Crippen LogP contribution in [0.25, 0.3) is 0 Å². The number of pyridine rings is 1. The maximum absolute atomic E-state index is 12.5. The largest absolute Gasteiger partial charge is 0.392 e. The molecule has 4 N–H and O–H groups in total. The van der Waals surface area contributed by atoms with Crippen molar-refractivity contribution < 1.29 is 14.3 Å². The molecule has 6 heteroatoms. The average molecular weight is 227 g/mol. The molecule has 0 bridgehead atoms. The number of halogens is 1. The fourth-order valence-electron chi connectivity index (χ4n) is 0.982. The summed E-state index contributed by atoms with van der Waals surface area (Å²) in [6.45, 7) is 1.67. The number of nitrogens with one attached hydrogen (secondary N) is 1. The van der Waals surface area contributed by atoms with Crippen LogP contribution in [0.3, 0.4) is 0 Å². The van der Waals surface area contributed by atoms with E-state index in [-0.39, 0.29) is 12.2 Å². The highest BCUT2D eigenvalue weighted by atomic mass is 19.1. The van der Waals surface area contributed by atoms with Crippen LogP contribution in [-0.2, 0) is 0 Å². The standard InChI is InChI=1S/C10H14FN3O2/c1-6(15)8(12)5-14-10(16)9-3-2-7(11)4-13-9/h2-4,6,8,15H,5,12H2,1H3,(H,14,16). The smallest absolute Gasteiger partial charge is 0.269 e. The second-order valence-corrected chi connectivity index (χ2v) is 3.48. The lowest BCUT2D eigenvalue weighted by atomic mass is 10.2. The number of amides is 1. The average Bonchev–Trinajstić information content (AvgIpc) is 2.26. The molecule has 1 heterocycles. The summed E-state index contributed by atoms with van der Waals surface area (Å²) in [6.07, 6.45) is 0.255. The molecule has 1 rings (SSSR count). The number of carbonyl (C=O) groups is 1. The molecular weight excluding hydrogens is 213 g/mol. The number of nitrogens with two attached hydrogens (primary N) is 1. The number of rotatable bonds is 4. The van der Waals surface area contributed by atoms with Crippen molar-refractivity contribution in [1.29, 1.82) is 0 Å². The summed E-state index contributed by atoms with van der Waals surface area (Å²) in [5, 5.41) is 11.6. The van der Waals surface area contributed by atoms with E-state index >= 15 is 0 Å². The molecule has 1 aromatic heterocycles. The van der Waals surface area contributed by atoms with E-state index in [9.17, 15) is 9.18 Å². The number of hydrogen-bond acceptors (Lipinski definition) is 4. The molecule has 0 aliphatic heterocycles. The summed E-state index contributed by atoms with van der Waals surface area (Å²) in [5.74, 6) is -0.951. The number of hydrogen-bond donors (Lipinski definition) is 3. The second-order valence-electron chi connectivity index (χ2n) is 3.48. The highest BCUT2D eigenvalue weighted by molar-refractivity contribution is 5.92. The van der Waals surface area contributed by atoms with Gasteiger partial charge >= 0.3 is 0 Å². The summed E-state index contributed by atoms with van der Waals surface area (Å²) < 4.78 is 12.5. The summed E-state index contributed by atoms with van der Waals surface area (Å²) in [4.78, 5) is 15.1. The molecule has 0 radical (unpaired) electrons. The monoisotopic (exact) mass is 227 g/mol. The minimum atomic E-state index is -0.707. The van der Waals surface area contributed by atoms with Crippen molar-refractivity contribution in [2.75, 3.05) is 6.54 Å². The maximum atomic E-state index is 12.5. The summed E-state index contributed by atoms with van der Waals surface area (Å²) in [7, 11) is 0. The Bertz CT molecular complexity index is 354. The molecule has 16 heavy (non-hydrogen) atoms. The minimum absolute atomic E-state index is 0.110. The van der Waals surface area contributed by atoms with Gasteiger partial charge in [-0.2, -0.15) is 0 Å². The van der Waals surface area contributed by atoms with Gasteiger partial charge in [0, 0.05) is 12.6 Å². The molecule has 0 saturated heterocycles. The Hall–Kier alpha value is -1.53. The van der Waals surface area contributed by atoms with Gasteiger partial charge in [-0.1, -0.05) is 0 Å². The highest BCUT2D eigenvalue weighted by Crippen LogP contribution is 1.98. The molecule has 0 aliphatic rings. The van der Waals surface area contributed by atoms with Crippen LogP contribution in [0.2, 0.25) is 0 Å². The Morgan fingerprint density at radius 1 is 1.69 bits per heavy atom. The third kappa shape index (κ3) is 3.56. The van der Waals surface area contributed by atoms with Crippen LogP contribution in [-0.4, -0.2) is 34.7 Å². The number of aliphatic hydroxyl groups excluding tert-OH is 1. The Morgan fingerprint density at radius 3 is 2.88 bits per heavy atom. The van der Waals surface area contributed by atoms with Gasteiger partial charge in [-0.05, 0) is 19.1 Å². The Balaban J connectivity index is 2.50. The van der Waals surface area contributed by atoms with E-state index < -0.39 is 23.9 Å². The molecule has 5 nitrogen and oxygen atoms in total. The van der Waals surface area contributed by atoms with E-state index in [2.05, 4.69) is 10.3 Å². The number of carbonyl (C=O) groups excluding carboxylic acids is 1. The summed E-state index contributed by atoms with van der Waals surface area (Å²) in [6, 6.07) is 1.89. The quantitative estimate of drug-likeness (QED) is 0.656. The third-order valence-corrected chi connectivity index (χ3v) is 2.08. The Morgan fingerprint density at radius 2 is 2.38 bits per heavy atom. The van der Waals surface area contributed by atoms with Gasteiger partial charge in [0.05, 0.1) is 12.3 Å². The van der Waals surface area contributed by atoms with E-state index in [4.69, 9.17) is 10.8 Å². The minimum Gasteiger partial charge on any atom is -0.392 e. The molecule has 0 fully saturated rings. The van der Waals surface area contributed by atoms with Crippen molar-refractivity contribution >= 4 is 5.91 Å². The summed E-state index contributed by atoms with van der Waals surface area (Å²) >= 11 is 0. The van der Waals surface area contributed by atoms with Gasteiger partial charge in [0.2, 0.25) is 0 Å². The van der Waals surface area contributed by atoms with Crippen LogP contribution in [0, 0.1) is 5.82 Å². The van der Waals surface area contributed by atoms with Crippen molar-refractivity contribution in [2.24, 2.45) is 5.73 Å². The molecule has 1 aromatic rings. The second kappa shape index (κ2) is 5.53. The first kappa shape index (κ1) is 12.5. The zero-order valence-corrected chi connectivity index (χ0v) is 8.85. The fourth-order valence-corrected chi connectivity index (χ4v) is 0.982. The molecule has 0 spiro atoms. The van der Waals surface area contributed by atoms with Crippen LogP contribution in [0.15, 0.2) is 18.3 Å². The zero-order chi connectivity index (χ0) is 12.1. The van der Waals surface area contributed by atoms with Crippen LogP contribution >= 0.6 is 0 Å². The Labute approximate surface area is 92.5 Å². The molecule has 0 aliphatic carbocycles. The van der Waals surface area contributed by atoms with Gasteiger partial charge in [-0.3, -0.25) is 4.79 Å². The highest BCUT2D eigenvalue weighted by Gasteiger charge is 2.12. The van der Waals surface area contributed by atoms with Crippen LogP contribution in [0.5, 0.6) is 0 Å². The van der Waals surface area contributed by atoms with Crippen molar-refractivity contribution in [2.45, 2.75) is 19.1 Å². The van der Waals surface area contributed by atoms with Gasteiger partial charge in [-0.25, -0.2) is 9.37 Å². The molecule has 88 valence electrons. The van der Waals surface area contributed by atoms with E-state index in [0.717, 1.165) is 12.3 Å². The maximum Gasteiger partial charge on any atom is 0.269 e. The number of aromatic nitrogens is 1. The van der Waals surface area contributed by atoms with Crippen LogP contribution in [0.4, 0.5) is 4.39 Å². The van der Waals surface area contributed by atoms with Gasteiger partial charge in [0.25, 0.3) is 5.91 Å². The molecule has 0 saturated carbocycles. The molecule has 2 unspecified atom stereocenters. The van der Waals surface area contributed by atoms with E-state index in [1.165, 1.54) is 13.0 Å². The van der Waals surface area contributed by atoms with Crippen molar-refractivity contribution in [3.8, 4) is 0 Å². The molecule has 0 aromatic carbocycles. The Kier molecular flexibility index (Phi) is 4.33. The first-order valence-electron chi connectivity index (χ1n) is 4.84. The lowest BCUT2D eigenvalue weighted by molar-refractivity contribution is 0.0932. The number of nitrogens with zero attached hydrogens (tertiary/aromatic N) is 1. The van der Waals surface area contributed by atoms with Gasteiger partial charge < -0.3 is 16.2 Å². The van der Waals surface area contributed by atoms with E-state index in [1.807, 2.05) is 0 Å². The van der Waals surface area contributed by atoms with Crippen LogP contribution < -0.4 is 11.1 Å². The molecule has 2 atom stereocenters. The van der Waals surface area contributed by atoms with Crippen molar-refractivity contribution in [3.05, 3.63) is 29.8 Å². The lowest BCUT2D eigenvalue weighted by Gasteiger charge is -2.14. The first-order valence-corrected chi connectivity index (χ1v) is 4.84. The predicted octanol–water partition coefficient (Wildman–Crippen LogP) is -0.341. The predicted molar refractivity (Wildman–Crippen MR) is 56.2 cm³/mol. The van der Waals surface area contributed by atoms with Gasteiger partial charge in [0.15, 0.2) is 0 Å². The van der Waals surface area contributed by atoms with E-state index in [1.54, 1.807) is 0 Å². The zero-order valence-electron chi connectivity index (χ0n) is 8.85. The summed E-state index contributed by atoms with van der Waals surface area (Å²) in [5.41, 5.74) is 5.63. The lowest BCUT2D eigenvalue weighted by Crippen LogP contribution is -2.43. The van der Waals surface area contributed by atoms with E-state index in [0.29, 0.717) is 0 Å². The van der Waals surface area contributed by atoms with Gasteiger partial charge in [-0.15, -0.1) is 0 Å². The third-order valence-electron chi connectivity index (χ3n) is 2.08. The molecule has 1 amide bonds. The number of aliphatic hydroxyl groups is 1.